The van der Waals surface area contributed by atoms with Crippen molar-refractivity contribution in [1.29, 1.82) is 0 Å². The van der Waals surface area contributed by atoms with Gasteiger partial charge in [-0.1, -0.05) is 77.0 Å². The average molecular weight is 380 g/mol. The Hall–Kier alpha value is -1.58. The summed E-state index contributed by atoms with van der Waals surface area (Å²) in [7, 11) is 0. The highest BCUT2D eigenvalue weighted by Crippen LogP contribution is 2.09. The summed E-state index contributed by atoms with van der Waals surface area (Å²) in [6.07, 6.45) is 22.6. The Balaban J connectivity index is 3.25. The predicted molar refractivity (Wildman–Crippen MR) is 114 cm³/mol. The van der Waals surface area contributed by atoms with Crippen LogP contribution in [0.1, 0.15) is 96.8 Å². The van der Waals surface area contributed by atoms with E-state index >= 15 is 0 Å². The number of carbonyl (C=O) groups excluding carboxylic acids is 2. The predicted octanol–water partition coefficient (Wildman–Crippen LogP) is 5.87. The van der Waals surface area contributed by atoms with Gasteiger partial charge in [0.25, 0.3) is 0 Å². The van der Waals surface area contributed by atoms with E-state index in [4.69, 9.17) is 4.74 Å². The van der Waals surface area contributed by atoms with E-state index in [9.17, 15) is 9.59 Å². The molecule has 0 bridgehead atoms. The Bertz CT molecular complexity index is 404. The van der Waals surface area contributed by atoms with Crippen LogP contribution in [0, 0.1) is 0 Å². The van der Waals surface area contributed by atoms with Crippen molar-refractivity contribution < 1.29 is 14.3 Å². The number of allylic oxidation sites excluding steroid dienone is 2. The first-order valence-corrected chi connectivity index (χ1v) is 10.9. The van der Waals surface area contributed by atoms with Crippen LogP contribution >= 0.6 is 0 Å². The molecule has 4 nitrogen and oxygen atoms in total. The maximum Gasteiger partial charge on any atom is 0.330 e. The molecular weight excluding hydrogens is 338 g/mol. The molecule has 0 atom stereocenters. The normalized spacial score (nSPS) is 10.9. The number of nitrogens with one attached hydrogen (secondary N) is 1. The van der Waals surface area contributed by atoms with Crippen LogP contribution in [0.5, 0.6) is 0 Å². The lowest BCUT2D eigenvalue weighted by molar-refractivity contribution is -0.138. The smallest absolute Gasteiger partial charge is 0.330 e. The Morgan fingerprint density at radius 1 is 0.852 bits per heavy atom. The van der Waals surface area contributed by atoms with Crippen LogP contribution in [-0.4, -0.2) is 25.0 Å². The summed E-state index contributed by atoms with van der Waals surface area (Å²) in [6, 6.07) is 0. The van der Waals surface area contributed by atoms with E-state index in [0.717, 1.165) is 18.9 Å². The minimum atomic E-state index is -0.457. The molecule has 0 aromatic carbocycles. The molecule has 0 radical (unpaired) electrons. The lowest BCUT2D eigenvalue weighted by Gasteiger charge is -2.05. The van der Waals surface area contributed by atoms with E-state index < -0.39 is 5.97 Å². The average Bonchev–Trinajstić information content (AvgIpc) is 2.68. The summed E-state index contributed by atoms with van der Waals surface area (Å²) in [4.78, 5) is 22.4. The molecule has 156 valence electrons. The van der Waals surface area contributed by atoms with Crippen molar-refractivity contribution in [2.24, 2.45) is 0 Å². The highest BCUT2D eigenvalue weighted by molar-refractivity contribution is 5.81. The van der Waals surface area contributed by atoms with E-state index in [-0.39, 0.29) is 12.5 Å². The van der Waals surface area contributed by atoms with Gasteiger partial charge in [0.05, 0.1) is 6.54 Å². The number of hydrogen-bond acceptors (Lipinski definition) is 3. The van der Waals surface area contributed by atoms with Crippen molar-refractivity contribution in [1.82, 2.24) is 5.32 Å². The molecular formula is C23H41NO3. The fraction of sp³-hybridized carbons (Fsp3) is 0.739. The second kappa shape index (κ2) is 20.7. The number of esters is 1. The fourth-order valence-electron chi connectivity index (χ4n) is 2.85. The molecule has 0 aromatic rings. The van der Waals surface area contributed by atoms with Crippen molar-refractivity contribution in [3.05, 3.63) is 24.8 Å². The highest BCUT2D eigenvalue weighted by Gasteiger charge is 2.01. The minimum absolute atomic E-state index is 0.0299. The number of hydrogen-bond donors (Lipinski definition) is 1. The van der Waals surface area contributed by atoms with Crippen molar-refractivity contribution in [2.45, 2.75) is 96.8 Å². The maximum atomic E-state index is 11.6. The molecule has 0 aliphatic rings. The summed E-state index contributed by atoms with van der Waals surface area (Å²) in [5.74, 6) is -0.427. The Morgan fingerprint density at radius 3 is 2.00 bits per heavy atom. The van der Waals surface area contributed by atoms with E-state index in [0.29, 0.717) is 13.0 Å². The number of rotatable bonds is 19. The third kappa shape index (κ3) is 20.6. The first-order valence-electron chi connectivity index (χ1n) is 10.9. The summed E-state index contributed by atoms with van der Waals surface area (Å²) in [5.41, 5.74) is 0. The molecule has 0 aliphatic heterocycles. The molecule has 0 saturated heterocycles. The SMILES string of the molecule is C=CC(=O)OCCNC(=O)CCCCCCC/C=C\CCCCCCCC. The summed E-state index contributed by atoms with van der Waals surface area (Å²) in [5, 5.41) is 2.75. The van der Waals surface area contributed by atoms with Gasteiger partial charge >= 0.3 is 5.97 Å². The minimum Gasteiger partial charge on any atom is -0.461 e. The zero-order valence-corrected chi connectivity index (χ0v) is 17.5. The van der Waals surface area contributed by atoms with Crippen LogP contribution in [0.2, 0.25) is 0 Å². The zero-order chi connectivity index (χ0) is 20.0. The second-order valence-corrected chi connectivity index (χ2v) is 7.06. The molecule has 0 saturated carbocycles. The van der Waals surface area contributed by atoms with Gasteiger partial charge in [0.2, 0.25) is 5.91 Å². The summed E-state index contributed by atoms with van der Waals surface area (Å²) in [6.45, 7) is 6.13. The molecule has 0 heterocycles. The lowest BCUT2D eigenvalue weighted by Crippen LogP contribution is -2.27. The van der Waals surface area contributed by atoms with Gasteiger partial charge in [-0.2, -0.15) is 0 Å². The molecule has 1 amide bonds. The molecule has 0 spiro atoms. The highest BCUT2D eigenvalue weighted by atomic mass is 16.5. The number of unbranched alkanes of at least 4 members (excludes halogenated alkanes) is 11. The largest absolute Gasteiger partial charge is 0.461 e. The van der Waals surface area contributed by atoms with Gasteiger partial charge in [0.1, 0.15) is 6.61 Å². The molecule has 0 aliphatic carbocycles. The lowest BCUT2D eigenvalue weighted by atomic mass is 10.1. The van der Waals surface area contributed by atoms with Gasteiger partial charge in [-0.05, 0) is 32.1 Å². The van der Waals surface area contributed by atoms with E-state index in [1.165, 1.54) is 70.6 Å². The van der Waals surface area contributed by atoms with Gasteiger partial charge in [0.15, 0.2) is 0 Å². The summed E-state index contributed by atoms with van der Waals surface area (Å²) >= 11 is 0. The van der Waals surface area contributed by atoms with Gasteiger partial charge in [-0.25, -0.2) is 4.79 Å². The number of carbonyl (C=O) groups is 2. The van der Waals surface area contributed by atoms with Crippen LogP contribution < -0.4 is 5.32 Å². The Morgan fingerprint density at radius 2 is 1.41 bits per heavy atom. The topological polar surface area (TPSA) is 55.4 Å². The molecule has 0 unspecified atom stereocenters. The van der Waals surface area contributed by atoms with Crippen molar-refractivity contribution in [3.8, 4) is 0 Å². The molecule has 1 N–H and O–H groups in total. The second-order valence-electron chi connectivity index (χ2n) is 7.06. The summed E-state index contributed by atoms with van der Waals surface area (Å²) < 4.78 is 4.80. The quantitative estimate of drug-likeness (QED) is 0.132. The third-order valence-corrected chi connectivity index (χ3v) is 4.50. The van der Waals surface area contributed by atoms with Gasteiger partial charge < -0.3 is 10.1 Å². The van der Waals surface area contributed by atoms with Gasteiger partial charge in [-0.15, -0.1) is 0 Å². The molecule has 27 heavy (non-hydrogen) atoms. The van der Waals surface area contributed by atoms with Crippen LogP contribution in [0.3, 0.4) is 0 Å². The monoisotopic (exact) mass is 379 g/mol. The fourth-order valence-corrected chi connectivity index (χ4v) is 2.85. The Labute approximate surface area is 166 Å². The van der Waals surface area contributed by atoms with E-state index in [2.05, 4.69) is 31.0 Å². The van der Waals surface area contributed by atoms with Crippen molar-refractivity contribution in [3.63, 3.8) is 0 Å². The van der Waals surface area contributed by atoms with Crippen LogP contribution in [0.25, 0.3) is 0 Å². The van der Waals surface area contributed by atoms with Crippen LogP contribution in [0.4, 0.5) is 0 Å². The van der Waals surface area contributed by atoms with Crippen molar-refractivity contribution in [2.75, 3.05) is 13.2 Å². The number of ether oxygens (including phenoxy) is 1. The van der Waals surface area contributed by atoms with E-state index in [1.54, 1.807) is 0 Å². The molecule has 0 aromatic heterocycles. The van der Waals surface area contributed by atoms with Gasteiger partial charge in [0, 0.05) is 12.5 Å². The molecule has 4 heteroatoms. The van der Waals surface area contributed by atoms with Gasteiger partial charge in [-0.3, -0.25) is 4.79 Å². The molecule has 0 rings (SSSR count). The van der Waals surface area contributed by atoms with Crippen molar-refractivity contribution >= 4 is 11.9 Å². The van der Waals surface area contributed by atoms with Crippen LogP contribution in [-0.2, 0) is 14.3 Å². The number of amides is 1. The first kappa shape index (κ1) is 25.4. The van der Waals surface area contributed by atoms with Crippen LogP contribution in [0.15, 0.2) is 24.8 Å². The first-order chi connectivity index (χ1) is 13.2. The maximum absolute atomic E-state index is 11.6. The Kier molecular flexibility index (Phi) is 19.5. The zero-order valence-electron chi connectivity index (χ0n) is 17.5. The standard InChI is InChI=1S/C23H41NO3/c1-3-5-6-7-8-9-10-11-12-13-14-15-16-17-18-19-22(25)24-20-21-27-23(26)4-2/h4,11-12H,2-3,5-10,13-21H2,1H3,(H,24,25)/b12-11-. The van der Waals surface area contributed by atoms with E-state index in [1.807, 2.05) is 0 Å². The molecule has 0 fully saturated rings. The third-order valence-electron chi connectivity index (χ3n) is 4.50.